The number of terminal acetylenes is 1. The fourth-order valence-electron chi connectivity index (χ4n) is 1.30. The van der Waals surface area contributed by atoms with Gasteiger partial charge in [0.15, 0.2) is 5.75 Å². The third kappa shape index (κ3) is 2.98. The first-order chi connectivity index (χ1) is 8.49. The minimum absolute atomic E-state index is 0.0987. The minimum Gasteiger partial charge on any atom is -0.490 e. The van der Waals surface area contributed by atoms with E-state index in [0.717, 1.165) is 6.07 Å². The average Bonchev–Trinajstić information content (AvgIpc) is 2.37. The van der Waals surface area contributed by atoms with Crippen LogP contribution in [-0.4, -0.2) is 24.0 Å². The van der Waals surface area contributed by atoms with Gasteiger partial charge in [-0.2, -0.15) is 0 Å². The molecule has 0 radical (unpaired) electrons. The summed E-state index contributed by atoms with van der Waals surface area (Å²) >= 11 is 0. The molecular formula is C12H12N2O4. The summed E-state index contributed by atoms with van der Waals surface area (Å²) < 4.78 is 4.84. The van der Waals surface area contributed by atoms with Crippen LogP contribution in [-0.2, 0) is 0 Å². The number of carbonyl (C=O) groups is 1. The number of methoxy groups -OCH3 is 1. The lowest BCUT2D eigenvalue weighted by atomic mass is 10.1. The van der Waals surface area contributed by atoms with Gasteiger partial charge in [-0.05, 0) is 19.1 Å². The van der Waals surface area contributed by atoms with Gasteiger partial charge >= 0.3 is 5.69 Å². The first kappa shape index (κ1) is 13.5. The molecule has 1 amide bonds. The Morgan fingerprint density at radius 3 is 2.78 bits per heavy atom. The zero-order chi connectivity index (χ0) is 13.7. The van der Waals surface area contributed by atoms with Crippen molar-refractivity contribution in [2.45, 2.75) is 13.0 Å². The van der Waals surface area contributed by atoms with Gasteiger partial charge in [-0.3, -0.25) is 14.9 Å². The third-order valence-electron chi connectivity index (χ3n) is 2.24. The van der Waals surface area contributed by atoms with E-state index in [1.54, 1.807) is 6.92 Å². The van der Waals surface area contributed by atoms with Crippen molar-refractivity contribution in [1.29, 1.82) is 0 Å². The normalized spacial score (nSPS) is 11.2. The van der Waals surface area contributed by atoms with Gasteiger partial charge in [0, 0.05) is 11.6 Å². The van der Waals surface area contributed by atoms with E-state index in [9.17, 15) is 14.9 Å². The van der Waals surface area contributed by atoms with Crippen LogP contribution in [0.4, 0.5) is 5.69 Å². The zero-order valence-corrected chi connectivity index (χ0v) is 9.97. The van der Waals surface area contributed by atoms with Crippen LogP contribution in [0.25, 0.3) is 0 Å². The topological polar surface area (TPSA) is 81.5 Å². The van der Waals surface area contributed by atoms with Gasteiger partial charge in [0.2, 0.25) is 0 Å². The summed E-state index contributed by atoms with van der Waals surface area (Å²) in [5.74, 6) is 1.97. The van der Waals surface area contributed by atoms with Crippen molar-refractivity contribution in [1.82, 2.24) is 5.32 Å². The summed E-state index contributed by atoms with van der Waals surface area (Å²) in [4.78, 5) is 21.9. The van der Waals surface area contributed by atoms with Crippen LogP contribution in [0, 0.1) is 22.5 Å². The molecule has 0 saturated heterocycles. The van der Waals surface area contributed by atoms with E-state index in [0.29, 0.717) is 0 Å². The van der Waals surface area contributed by atoms with E-state index >= 15 is 0 Å². The SMILES string of the molecule is C#CC(C)NC(=O)c1ccc(OC)c([N+](=O)[O-])c1. The Bertz CT molecular complexity index is 519. The molecule has 6 nitrogen and oxygen atoms in total. The maximum atomic E-state index is 11.7. The second-order valence-corrected chi connectivity index (χ2v) is 3.51. The Labute approximate surface area is 104 Å². The van der Waals surface area contributed by atoms with Crippen LogP contribution >= 0.6 is 0 Å². The molecule has 0 aliphatic carbocycles. The van der Waals surface area contributed by atoms with Crippen LogP contribution in [0.3, 0.4) is 0 Å². The maximum Gasteiger partial charge on any atom is 0.311 e. The lowest BCUT2D eigenvalue weighted by molar-refractivity contribution is -0.385. The van der Waals surface area contributed by atoms with Crippen LogP contribution in [0.1, 0.15) is 17.3 Å². The molecule has 1 aromatic carbocycles. The number of nitrogens with one attached hydrogen (secondary N) is 1. The van der Waals surface area contributed by atoms with Crippen LogP contribution in [0.5, 0.6) is 5.75 Å². The maximum absolute atomic E-state index is 11.7. The van der Waals surface area contributed by atoms with Crippen molar-refractivity contribution in [3.63, 3.8) is 0 Å². The summed E-state index contributed by atoms with van der Waals surface area (Å²) in [6, 6.07) is 3.51. The molecule has 0 aliphatic rings. The second kappa shape index (κ2) is 5.68. The molecular weight excluding hydrogens is 236 g/mol. The molecule has 1 aromatic rings. The van der Waals surface area contributed by atoms with Crippen molar-refractivity contribution < 1.29 is 14.5 Å². The molecule has 0 fully saturated rings. The molecule has 0 spiro atoms. The molecule has 1 rings (SSSR count). The van der Waals surface area contributed by atoms with Gasteiger partial charge in [0.1, 0.15) is 0 Å². The van der Waals surface area contributed by atoms with Crippen LogP contribution in [0.15, 0.2) is 18.2 Å². The summed E-state index contributed by atoms with van der Waals surface area (Å²) in [5, 5.41) is 13.3. The number of amides is 1. The molecule has 1 atom stereocenters. The van der Waals surface area contributed by atoms with Crippen molar-refractivity contribution in [3.8, 4) is 18.1 Å². The first-order valence-electron chi connectivity index (χ1n) is 5.09. The number of ether oxygens (including phenoxy) is 1. The molecule has 0 aromatic heterocycles. The standard InChI is InChI=1S/C12H12N2O4/c1-4-8(2)13-12(15)9-5-6-11(18-3)10(7-9)14(16)17/h1,5-8H,2-3H3,(H,13,15). The quantitative estimate of drug-likeness (QED) is 0.495. The largest absolute Gasteiger partial charge is 0.490 e. The lowest BCUT2D eigenvalue weighted by Crippen LogP contribution is -2.31. The summed E-state index contributed by atoms with van der Waals surface area (Å²) in [7, 11) is 1.32. The van der Waals surface area contributed by atoms with Gasteiger partial charge in [0.05, 0.1) is 18.1 Å². The van der Waals surface area contributed by atoms with E-state index in [4.69, 9.17) is 11.2 Å². The highest BCUT2D eigenvalue weighted by atomic mass is 16.6. The van der Waals surface area contributed by atoms with Crippen LogP contribution < -0.4 is 10.1 Å². The number of nitrogens with zero attached hydrogens (tertiary/aromatic N) is 1. The van der Waals surface area contributed by atoms with Gasteiger partial charge < -0.3 is 10.1 Å². The Hall–Kier alpha value is -2.55. The number of hydrogen-bond acceptors (Lipinski definition) is 4. The molecule has 0 saturated carbocycles. The Kier molecular flexibility index (Phi) is 4.27. The Morgan fingerprint density at radius 2 is 2.28 bits per heavy atom. The van der Waals surface area contributed by atoms with Crippen molar-refractivity contribution >= 4 is 11.6 Å². The van der Waals surface area contributed by atoms with E-state index in [1.165, 1.54) is 19.2 Å². The van der Waals surface area contributed by atoms with E-state index in [-0.39, 0.29) is 17.0 Å². The summed E-state index contributed by atoms with van der Waals surface area (Å²) in [5.41, 5.74) is -0.108. The fraction of sp³-hybridized carbons (Fsp3) is 0.250. The number of hydrogen-bond donors (Lipinski definition) is 1. The minimum atomic E-state index is -0.611. The predicted molar refractivity (Wildman–Crippen MR) is 65.4 cm³/mol. The third-order valence-corrected chi connectivity index (χ3v) is 2.24. The van der Waals surface area contributed by atoms with Gasteiger partial charge in [0.25, 0.3) is 5.91 Å². The number of nitro groups is 1. The van der Waals surface area contributed by atoms with Gasteiger partial charge in [-0.15, -0.1) is 6.42 Å². The molecule has 0 bridgehead atoms. The zero-order valence-electron chi connectivity index (χ0n) is 9.97. The predicted octanol–water partition coefficient (Wildman–Crippen LogP) is 1.35. The van der Waals surface area contributed by atoms with E-state index in [1.807, 2.05) is 0 Å². The summed E-state index contributed by atoms with van der Waals surface area (Å²) in [6.45, 7) is 1.63. The highest BCUT2D eigenvalue weighted by molar-refractivity contribution is 5.95. The van der Waals surface area contributed by atoms with E-state index < -0.39 is 16.9 Å². The monoisotopic (exact) mass is 248 g/mol. The smallest absolute Gasteiger partial charge is 0.311 e. The summed E-state index contributed by atoms with van der Waals surface area (Å²) in [6.07, 6.45) is 5.13. The Balaban J connectivity index is 3.05. The molecule has 1 unspecified atom stereocenters. The molecule has 0 aliphatic heterocycles. The van der Waals surface area contributed by atoms with Crippen molar-refractivity contribution in [3.05, 3.63) is 33.9 Å². The Morgan fingerprint density at radius 1 is 1.61 bits per heavy atom. The number of benzene rings is 1. The number of nitro benzene ring substituents is 1. The molecule has 0 heterocycles. The lowest BCUT2D eigenvalue weighted by Gasteiger charge is -2.08. The number of rotatable bonds is 4. The van der Waals surface area contributed by atoms with Crippen molar-refractivity contribution in [2.75, 3.05) is 7.11 Å². The van der Waals surface area contributed by atoms with Gasteiger partial charge in [-0.1, -0.05) is 5.92 Å². The second-order valence-electron chi connectivity index (χ2n) is 3.51. The number of carbonyl (C=O) groups excluding carboxylic acids is 1. The molecule has 94 valence electrons. The average molecular weight is 248 g/mol. The van der Waals surface area contributed by atoms with E-state index in [2.05, 4.69) is 11.2 Å². The van der Waals surface area contributed by atoms with Crippen molar-refractivity contribution in [2.24, 2.45) is 0 Å². The van der Waals surface area contributed by atoms with Gasteiger partial charge in [-0.25, -0.2) is 0 Å². The highest BCUT2D eigenvalue weighted by Crippen LogP contribution is 2.27. The molecule has 6 heteroatoms. The fourth-order valence-corrected chi connectivity index (χ4v) is 1.30. The van der Waals surface area contributed by atoms with Crippen LogP contribution in [0.2, 0.25) is 0 Å². The first-order valence-corrected chi connectivity index (χ1v) is 5.09. The molecule has 18 heavy (non-hydrogen) atoms. The molecule has 1 N–H and O–H groups in total. The highest BCUT2D eigenvalue weighted by Gasteiger charge is 2.18.